The molecule has 0 aromatic rings. The molecule has 8 rings (SSSR count). The summed E-state index contributed by atoms with van der Waals surface area (Å²) in [5.41, 5.74) is 2.83. The van der Waals surface area contributed by atoms with Gasteiger partial charge >= 0.3 is 0 Å². The van der Waals surface area contributed by atoms with Crippen molar-refractivity contribution in [3.8, 4) is 0 Å². The number of nitrogens with one attached hydrogen (secondary N) is 1. The number of piperidine rings is 1. The van der Waals surface area contributed by atoms with Gasteiger partial charge in [-0.05, 0) is 86.6 Å². The topological polar surface area (TPSA) is 55.9 Å². The summed E-state index contributed by atoms with van der Waals surface area (Å²) in [6.07, 6.45) is 9.64. The van der Waals surface area contributed by atoms with Gasteiger partial charge in [-0.2, -0.15) is 0 Å². The molecular formula is C32H50N4O2. The Kier molecular flexibility index (Phi) is 8.49. The highest BCUT2D eigenvalue weighted by Gasteiger charge is 2.43. The number of carbonyl (C=O) groups excluding carboxylic acids is 2. The fourth-order valence-electron chi connectivity index (χ4n) is 8.12. The van der Waals surface area contributed by atoms with Crippen LogP contribution in [0.5, 0.6) is 0 Å². The summed E-state index contributed by atoms with van der Waals surface area (Å²) >= 11 is 0. The fraction of sp³-hybridized carbons (Fsp3) is 0.750. The Bertz CT molecular complexity index is 924. The molecule has 210 valence electrons. The second-order valence-corrected chi connectivity index (χ2v) is 13.4. The van der Waals surface area contributed by atoms with Crippen LogP contribution >= 0.6 is 0 Å². The molecule has 7 heterocycles. The molecule has 0 spiro atoms. The van der Waals surface area contributed by atoms with Crippen molar-refractivity contribution >= 4 is 11.8 Å². The molecule has 8 bridgehead atoms. The molecule has 0 radical (unpaired) electrons. The van der Waals surface area contributed by atoms with Crippen LogP contribution in [-0.2, 0) is 9.59 Å². The SMILES string of the molecule is C=C[C@]1(C)CC[C@@H]2C[C@H]1C(=C)CN1CCC(CC1)CC(=O)NCCCC(=O)N1CC3CN(CC2=C)CC3C1. The Morgan fingerprint density at radius 1 is 0.947 bits per heavy atom. The lowest BCUT2D eigenvalue weighted by atomic mass is 9.61. The molecule has 1 saturated carbocycles. The van der Waals surface area contributed by atoms with E-state index < -0.39 is 0 Å². The van der Waals surface area contributed by atoms with Gasteiger partial charge in [0.15, 0.2) is 0 Å². The number of rotatable bonds is 1. The maximum absolute atomic E-state index is 12.8. The molecular weight excluding hydrogens is 472 g/mol. The van der Waals surface area contributed by atoms with Crippen LogP contribution in [-0.4, -0.2) is 85.4 Å². The van der Waals surface area contributed by atoms with Crippen molar-refractivity contribution in [2.75, 3.05) is 58.9 Å². The van der Waals surface area contributed by atoms with Crippen LogP contribution in [0.1, 0.15) is 58.3 Å². The minimum Gasteiger partial charge on any atom is -0.356 e. The molecule has 7 saturated heterocycles. The van der Waals surface area contributed by atoms with E-state index in [1.165, 1.54) is 17.6 Å². The third-order valence-electron chi connectivity index (χ3n) is 10.7. The van der Waals surface area contributed by atoms with Gasteiger partial charge in [0.25, 0.3) is 0 Å². The van der Waals surface area contributed by atoms with Crippen molar-refractivity contribution in [1.29, 1.82) is 0 Å². The van der Waals surface area contributed by atoms with Crippen LogP contribution in [0.25, 0.3) is 0 Å². The number of nitrogens with zero attached hydrogens (tertiary/aromatic N) is 3. The van der Waals surface area contributed by atoms with E-state index in [9.17, 15) is 9.59 Å². The Morgan fingerprint density at radius 3 is 2.32 bits per heavy atom. The Hall–Kier alpha value is -1.92. The van der Waals surface area contributed by atoms with E-state index in [1.54, 1.807) is 0 Å². The first kappa shape index (κ1) is 27.6. The average Bonchev–Trinajstić information content (AvgIpc) is 3.46. The molecule has 2 amide bonds. The first-order valence-electron chi connectivity index (χ1n) is 15.2. The molecule has 2 unspecified atom stereocenters. The third kappa shape index (κ3) is 6.12. The van der Waals surface area contributed by atoms with Gasteiger partial charge in [-0.3, -0.25) is 19.4 Å². The number of amides is 2. The van der Waals surface area contributed by atoms with E-state index in [4.69, 9.17) is 0 Å². The molecule has 0 aromatic heterocycles. The fourth-order valence-corrected chi connectivity index (χ4v) is 8.12. The van der Waals surface area contributed by atoms with Gasteiger partial charge in [-0.1, -0.05) is 37.3 Å². The molecule has 1 aliphatic carbocycles. The zero-order valence-corrected chi connectivity index (χ0v) is 23.8. The van der Waals surface area contributed by atoms with Crippen LogP contribution in [0.15, 0.2) is 37.0 Å². The van der Waals surface area contributed by atoms with Gasteiger partial charge in [0.05, 0.1) is 0 Å². The van der Waals surface area contributed by atoms with E-state index >= 15 is 0 Å². The number of hydrogen-bond acceptors (Lipinski definition) is 4. The van der Waals surface area contributed by atoms with Crippen molar-refractivity contribution < 1.29 is 9.59 Å². The highest BCUT2D eigenvalue weighted by Crippen LogP contribution is 2.49. The maximum Gasteiger partial charge on any atom is 0.222 e. The Morgan fingerprint density at radius 2 is 1.63 bits per heavy atom. The summed E-state index contributed by atoms with van der Waals surface area (Å²) in [5.74, 6) is 2.98. The van der Waals surface area contributed by atoms with E-state index in [2.05, 4.69) is 52.8 Å². The van der Waals surface area contributed by atoms with E-state index in [1.807, 2.05) is 0 Å². The molecule has 0 aromatic carbocycles. The zero-order chi connectivity index (χ0) is 26.9. The van der Waals surface area contributed by atoms with Gasteiger partial charge in [-0.15, -0.1) is 6.58 Å². The molecule has 8 fully saturated rings. The standard InChI is InChI=1S/C32H50N4O2/c1-5-32(4)11-8-26-16-29(32)24(3)18-34-13-9-25(10-14-34)15-30(37)33-12-6-7-31(38)36-21-27-19-35(17-23(26)2)20-28(27)22-36/h5,25-29H,1-3,6-22H2,4H3,(H,33,37)/t26-,27?,28?,29+,32-/m1/s1. The predicted molar refractivity (Wildman–Crippen MR) is 153 cm³/mol. The number of carbonyl (C=O) groups is 2. The van der Waals surface area contributed by atoms with Crippen molar-refractivity contribution in [3.63, 3.8) is 0 Å². The number of hydrogen-bond donors (Lipinski definition) is 1. The highest BCUT2D eigenvalue weighted by molar-refractivity contribution is 5.77. The summed E-state index contributed by atoms with van der Waals surface area (Å²) in [4.78, 5) is 32.6. The lowest BCUT2D eigenvalue weighted by Crippen LogP contribution is -2.41. The van der Waals surface area contributed by atoms with Gasteiger partial charge in [-0.25, -0.2) is 0 Å². The van der Waals surface area contributed by atoms with Gasteiger partial charge in [0, 0.05) is 58.7 Å². The smallest absolute Gasteiger partial charge is 0.222 e. The van der Waals surface area contributed by atoms with Crippen LogP contribution in [0, 0.1) is 35.0 Å². The maximum atomic E-state index is 12.8. The zero-order valence-electron chi connectivity index (χ0n) is 23.8. The van der Waals surface area contributed by atoms with E-state index in [0.717, 1.165) is 84.5 Å². The quantitative estimate of drug-likeness (QED) is 0.527. The summed E-state index contributed by atoms with van der Waals surface area (Å²) in [6.45, 7) is 24.4. The minimum atomic E-state index is 0.0945. The molecule has 1 N–H and O–H groups in total. The van der Waals surface area contributed by atoms with Gasteiger partial charge < -0.3 is 10.2 Å². The average molecular weight is 523 g/mol. The Labute approximate surface area is 230 Å². The molecule has 6 heteroatoms. The van der Waals surface area contributed by atoms with Gasteiger partial charge in [0.2, 0.25) is 11.8 Å². The second-order valence-electron chi connectivity index (χ2n) is 13.4. The summed E-state index contributed by atoms with van der Waals surface area (Å²) in [6, 6.07) is 0. The van der Waals surface area contributed by atoms with Crippen LogP contribution < -0.4 is 5.32 Å². The van der Waals surface area contributed by atoms with Crippen LogP contribution in [0.3, 0.4) is 0 Å². The molecule has 6 nitrogen and oxygen atoms in total. The van der Waals surface area contributed by atoms with E-state index in [0.29, 0.717) is 49.0 Å². The Balaban J connectivity index is 1.28. The summed E-state index contributed by atoms with van der Waals surface area (Å²) in [5, 5.41) is 3.08. The molecule has 7 aliphatic heterocycles. The largest absolute Gasteiger partial charge is 0.356 e. The second kappa shape index (κ2) is 11.7. The van der Waals surface area contributed by atoms with Crippen molar-refractivity contribution in [3.05, 3.63) is 37.0 Å². The monoisotopic (exact) mass is 522 g/mol. The van der Waals surface area contributed by atoms with Crippen molar-refractivity contribution in [2.24, 2.45) is 35.0 Å². The minimum absolute atomic E-state index is 0.0945. The van der Waals surface area contributed by atoms with E-state index in [-0.39, 0.29) is 17.2 Å². The summed E-state index contributed by atoms with van der Waals surface area (Å²) in [7, 11) is 0. The lowest BCUT2D eigenvalue weighted by molar-refractivity contribution is -0.131. The normalized spacial score (nSPS) is 41.4. The lowest BCUT2D eigenvalue weighted by Gasteiger charge is -2.46. The first-order valence-corrected chi connectivity index (χ1v) is 15.2. The third-order valence-corrected chi connectivity index (χ3v) is 10.7. The van der Waals surface area contributed by atoms with Crippen LogP contribution in [0.4, 0.5) is 0 Å². The van der Waals surface area contributed by atoms with Crippen LogP contribution in [0.2, 0.25) is 0 Å². The highest BCUT2D eigenvalue weighted by atomic mass is 16.2. The molecule has 38 heavy (non-hydrogen) atoms. The van der Waals surface area contributed by atoms with Crippen molar-refractivity contribution in [1.82, 2.24) is 20.0 Å². The first-order chi connectivity index (χ1) is 18.2. The molecule has 5 atom stereocenters. The van der Waals surface area contributed by atoms with Gasteiger partial charge in [0.1, 0.15) is 0 Å². The molecule has 8 aliphatic rings. The summed E-state index contributed by atoms with van der Waals surface area (Å²) < 4.78 is 0. The predicted octanol–water partition coefficient (Wildman–Crippen LogP) is 4.11. The van der Waals surface area contributed by atoms with Crippen molar-refractivity contribution in [2.45, 2.75) is 58.3 Å². The number of allylic oxidation sites excluding steroid dienone is 1.